The van der Waals surface area contributed by atoms with E-state index in [-0.39, 0.29) is 0 Å². The van der Waals surface area contributed by atoms with Crippen molar-refractivity contribution in [2.75, 3.05) is 0 Å². The smallest absolute Gasteiger partial charge is 0.136 e. The van der Waals surface area contributed by atoms with Crippen molar-refractivity contribution in [2.24, 2.45) is 0 Å². The van der Waals surface area contributed by atoms with E-state index in [1.165, 1.54) is 0 Å². The zero-order valence-corrected chi connectivity index (χ0v) is 22.7. The van der Waals surface area contributed by atoms with Crippen molar-refractivity contribution in [2.45, 2.75) is 0 Å². The second-order valence-electron chi connectivity index (χ2n) is 10.9. The van der Waals surface area contributed by atoms with E-state index >= 15 is 0 Å². The quantitative estimate of drug-likeness (QED) is 0.216. The van der Waals surface area contributed by atoms with Gasteiger partial charge in [-0.05, 0) is 78.9 Å². The van der Waals surface area contributed by atoms with Crippen LogP contribution in [0.3, 0.4) is 0 Å². The fraction of sp³-hybridized carbons (Fsp3) is 0. The maximum atomic E-state index is 9.57. The summed E-state index contributed by atoms with van der Waals surface area (Å²) in [6.45, 7) is 0. The summed E-state index contributed by atoms with van der Waals surface area (Å²) in [6.07, 6.45) is 0. The number of para-hydroxylation sites is 2. The topological polar surface area (TPSA) is 70.6 Å². The normalized spacial score (nSPS) is 11.7. The number of rotatable bonds is 2. The number of nitriles is 2. The summed E-state index contributed by atoms with van der Waals surface area (Å²) in [5.74, 6) is 0. The van der Waals surface area contributed by atoms with Crippen LogP contribution in [0.4, 0.5) is 0 Å². The number of aromatic nitrogens is 2. The highest BCUT2D eigenvalue weighted by atomic mass is 16.3. The van der Waals surface area contributed by atoms with E-state index in [2.05, 4.69) is 100 Å². The molecular weight excluding hydrogens is 528 g/mol. The van der Waals surface area contributed by atoms with Crippen LogP contribution in [0.15, 0.2) is 126 Å². The Morgan fingerprint density at radius 3 is 1.67 bits per heavy atom. The molecule has 5 heteroatoms. The molecule has 0 radical (unpaired) electrons. The van der Waals surface area contributed by atoms with Crippen LogP contribution in [0.5, 0.6) is 0 Å². The molecule has 0 N–H and O–H groups in total. The first-order valence-corrected chi connectivity index (χ1v) is 14.1. The van der Waals surface area contributed by atoms with Gasteiger partial charge in [-0.15, -0.1) is 0 Å². The van der Waals surface area contributed by atoms with Gasteiger partial charge in [0.25, 0.3) is 0 Å². The van der Waals surface area contributed by atoms with Crippen LogP contribution in [0.25, 0.3) is 76.9 Å². The second-order valence-corrected chi connectivity index (χ2v) is 10.9. The van der Waals surface area contributed by atoms with Crippen molar-refractivity contribution < 1.29 is 4.42 Å². The Bertz CT molecular complexity index is 2710. The summed E-state index contributed by atoms with van der Waals surface area (Å²) >= 11 is 0. The molecule has 0 amide bonds. The average Bonchev–Trinajstić information content (AvgIpc) is 3.70. The van der Waals surface area contributed by atoms with Crippen molar-refractivity contribution in [1.29, 1.82) is 10.5 Å². The molecule has 0 unspecified atom stereocenters. The lowest BCUT2D eigenvalue weighted by Gasteiger charge is -2.13. The molecule has 0 atom stereocenters. The Morgan fingerprint density at radius 2 is 0.977 bits per heavy atom. The number of furan rings is 1. The van der Waals surface area contributed by atoms with E-state index in [1.807, 2.05) is 36.4 Å². The second kappa shape index (κ2) is 8.60. The summed E-state index contributed by atoms with van der Waals surface area (Å²) in [5, 5.41) is 25.4. The molecule has 198 valence electrons. The lowest BCUT2D eigenvalue weighted by molar-refractivity contribution is 0.669. The summed E-state index contributed by atoms with van der Waals surface area (Å²) in [7, 11) is 0. The Labute approximate surface area is 245 Å². The van der Waals surface area contributed by atoms with Crippen LogP contribution < -0.4 is 0 Å². The van der Waals surface area contributed by atoms with Gasteiger partial charge in [-0.3, -0.25) is 0 Å². The van der Waals surface area contributed by atoms with E-state index in [4.69, 9.17) is 4.42 Å². The first-order chi connectivity index (χ1) is 21.2. The highest BCUT2D eigenvalue weighted by Gasteiger charge is 2.18. The van der Waals surface area contributed by atoms with Crippen molar-refractivity contribution in [3.63, 3.8) is 0 Å². The third kappa shape index (κ3) is 3.25. The molecule has 9 rings (SSSR count). The zero-order chi connectivity index (χ0) is 28.7. The van der Waals surface area contributed by atoms with Crippen LogP contribution in [-0.4, -0.2) is 9.13 Å². The lowest BCUT2D eigenvalue weighted by Crippen LogP contribution is -1.98. The minimum atomic E-state index is 0.608. The van der Waals surface area contributed by atoms with Gasteiger partial charge in [0, 0.05) is 43.7 Å². The van der Waals surface area contributed by atoms with Gasteiger partial charge < -0.3 is 13.6 Å². The molecule has 0 aliphatic carbocycles. The Morgan fingerprint density at radius 1 is 0.419 bits per heavy atom. The highest BCUT2D eigenvalue weighted by Crippen LogP contribution is 2.39. The van der Waals surface area contributed by atoms with Crippen LogP contribution >= 0.6 is 0 Å². The number of hydrogen-bond acceptors (Lipinski definition) is 3. The summed E-state index contributed by atoms with van der Waals surface area (Å²) < 4.78 is 10.8. The minimum absolute atomic E-state index is 0.608. The molecule has 0 aliphatic rings. The predicted octanol–water partition coefficient (Wildman–Crippen LogP) is 9.52. The number of benzene rings is 6. The molecule has 5 nitrogen and oxygen atoms in total. The van der Waals surface area contributed by atoms with E-state index in [0.29, 0.717) is 11.1 Å². The van der Waals surface area contributed by atoms with Gasteiger partial charge in [-0.25, -0.2) is 0 Å². The van der Waals surface area contributed by atoms with E-state index < -0.39 is 0 Å². The zero-order valence-electron chi connectivity index (χ0n) is 22.7. The fourth-order valence-corrected chi connectivity index (χ4v) is 6.68. The van der Waals surface area contributed by atoms with Crippen LogP contribution in [0.2, 0.25) is 0 Å². The molecule has 0 spiro atoms. The van der Waals surface area contributed by atoms with Crippen LogP contribution in [0, 0.1) is 22.7 Å². The molecular formula is C38H20N4O. The lowest BCUT2D eigenvalue weighted by atomic mass is 10.1. The van der Waals surface area contributed by atoms with Gasteiger partial charge in [-0.2, -0.15) is 10.5 Å². The van der Waals surface area contributed by atoms with Gasteiger partial charge in [0.2, 0.25) is 0 Å². The van der Waals surface area contributed by atoms with E-state index in [9.17, 15) is 10.5 Å². The maximum Gasteiger partial charge on any atom is 0.136 e. The van der Waals surface area contributed by atoms with Gasteiger partial charge in [0.15, 0.2) is 0 Å². The van der Waals surface area contributed by atoms with Crippen LogP contribution in [0.1, 0.15) is 11.1 Å². The standard InChI is InChI=1S/C38H20N4O/c39-21-23-12-14-35-29(16-23)27-8-1-3-10-33(27)41(35)25-6-5-7-26(18-25)42-34-11-4-2-9-28(34)30-20-38-32(19-36(30)42)31-17-24(22-40)13-15-37(31)43-38/h1-20H. The van der Waals surface area contributed by atoms with Crippen LogP contribution in [-0.2, 0) is 0 Å². The monoisotopic (exact) mass is 548 g/mol. The van der Waals surface area contributed by atoms with Gasteiger partial charge >= 0.3 is 0 Å². The average molecular weight is 549 g/mol. The largest absolute Gasteiger partial charge is 0.456 e. The summed E-state index contributed by atoms with van der Waals surface area (Å²) in [4.78, 5) is 0. The van der Waals surface area contributed by atoms with Crippen molar-refractivity contribution >= 4 is 65.6 Å². The van der Waals surface area contributed by atoms with Crippen molar-refractivity contribution in [3.8, 4) is 23.5 Å². The maximum absolute atomic E-state index is 9.57. The number of hydrogen-bond donors (Lipinski definition) is 0. The molecule has 0 aliphatic heterocycles. The third-order valence-electron chi connectivity index (χ3n) is 8.54. The first-order valence-electron chi connectivity index (χ1n) is 14.1. The molecule has 0 fully saturated rings. The molecule has 43 heavy (non-hydrogen) atoms. The fourth-order valence-electron chi connectivity index (χ4n) is 6.68. The molecule has 9 aromatic rings. The number of nitrogens with zero attached hydrogens (tertiary/aromatic N) is 4. The Balaban J connectivity index is 1.35. The Kier molecular flexibility index (Phi) is 4.68. The molecule has 0 saturated heterocycles. The van der Waals surface area contributed by atoms with E-state index in [0.717, 1.165) is 76.9 Å². The minimum Gasteiger partial charge on any atom is -0.456 e. The molecule has 3 aromatic heterocycles. The summed E-state index contributed by atoms with van der Waals surface area (Å²) in [6, 6.07) is 45.7. The van der Waals surface area contributed by atoms with Gasteiger partial charge in [0.05, 0.1) is 45.3 Å². The summed E-state index contributed by atoms with van der Waals surface area (Å²) in [5.41, 5.74) is 9.21. The Hall–Kier alpha value is -6.30. The van der Waals surface area contributed by atoms with Gasteiger partial charge in [-0.1, -0.05) is 42.5 Å². The first kappa shape index (κ1) is 23.4. The molecule has 0 saturated carbocycles. The molecule has 6 aromatic carbocycles. The SMILES string of the molecule is N#Cc1ccc2oc3cc4c5ccccc5n(-c5cccc(-n6c7ccccc7c7cc(C#N)ccc76)c5)c4cc3c2c1. The van der Waals surface area contributed by atoms with E-state index in [1.54, 1.807) is 6.07 Å². The van der Waals surface area contributed by atoms with Crippen molar-refractivity contribution in [3.05, 3.63) is 132 Å². The van der Waals surface area contributed by atoms with Gasteiger partial charge in [0.1, 0.15) is 11.2 Å². The predicted molar refractivity (Wildman–Crippen MR) is 172 cm³/mol. The molecule has 3 heterocycles. The highest BCUT2D eigenvalue weighted by molar-refractivity contribution is 6.17. The molecule has 0 bridgehead atoms. The number of fused-ring (bicyclic) bond motifs is 9. The third-order valence-corrected chi connectivity index (χ3v) is 8.54. The van der Waals surface area contributed by atoms with Crippen molar-refractivity contribution in [1.82, 2.24) is 9.13 Å².